The summed E-state index contributed by atoms with van der Waals surface area (Å²) < 4.78 is 1.87. The van der Waals surface area contributed by atoms with Crippen molar-refractivity contribution in [1.82, 2.24) is 9.55 Å². The predicted molar refractivity (Wildman–Crippen MR) is 75.3 cm³/mol. The smallest absolute Gasteiger partial charge is 0.132 e. The Kier molecular flexibility index (Phi) is 3.59. The van der Waals surface area contributed by atoms with Crippen LogP contribution in [-0.2, 0) is 13.0 Å². The van der Waals surface area contributed by atoms with Crippen LogP contribution in [-0.4, -0.2) is 9.55 Å². The summed E-state index contributed by atoms with van der Waals surface area (Å²) >= 11 is 5.87. The molecule has 0 saturated carbocycles. The molecule has 0 aliphatic carbocycles. The van der Waals surface area contributed by atoms with Crippen molar-refractivity contribution in [2.75, 3.05) is 5.73 Å². The average Bonchev–Trinajstić information content (AvgIpc) is 2.69. The van der Waals surface area contributed by atoms with Gasteiger partial charge in [-0.15, -0.1) is 6.42 Å². The summed E-state index contributed by atoms with van der Waals surface area (Å²) in [5.74, 6) is 4.10. The van der Waals surface area contributed by atoms with Gasteiger partial charge in [0.15, 0.2) is 0 Å². The van der Waals surface area contributed by atoms with E-state index in [9.17, 15) is 0 Å². The minimum atomic E-state index is 0.440. The molecule has 2 aromatic rings. The van der Waals surface area contributed by atoms with Gasteiger partial charge < -0.3 is 10.3 Å². The first kappa shape index (κ1) is 12.5. The standard InChI is InChI=1S/C14H14ClN3/c1-3-9-18-12(4-2)17-13(14(18)16)10-5-7-11(15)8-6-10/h1,5-8H,4,9,16H2,2H3. The van der Waals surface area contributed by atoms with Crippen molar-refractivity contribution >= 4 is 17.4 Å². The summed E-state index contributed by atoms with van der Waals surface area (Å²) in [7, 11) is 0. The first-order valence-corrected chi connectivity index (χ1v) is 6.09. The molecular formula is C14H14ClN3. The molecule has 0 radical (unpaired) electrons. The van der Waals surface area contributed by atoms with Crippen molar-refractivity contribution in [3.8, 4) is 23.6 Å². The molecule has 0 fully saturated rings. The lowest BCUT2D eigenvalue weighted by Gasteiger charge is -2.04. The molecule has 4 heteroatoms. The summed E-state index contributed by atoms with van der Waals surface area (Å²) in [6.45, 7) is 2.47. The van der Waals surface area contributed by atoms with Crippen LogP contribution in [0.5, 0.6) is 0 Å². The molecule has 0 aliphatic rings. The Morgan fingerprint density at radius 2 is 2.06 bits per heavy atom. The number of hydrogen-bond donors (Lipinski definition) is 1. The molecule has 18 heavy (non-hydrogen) atoms. The summed E-state index contributed by atoms with van der Waals surface area (Å²) in [5, 5.41) is 0.691. The van der Waals surface area contributed by atoms with E-state index in [1.165, 1.54) is 0 Å². The number of nitrogens with zero attached hydrogens (tertiary/aromatic N) is 2. The van der Waals surface area contributed by atoms with Crippen LogP contribution in [0.1, 0.15) is 12.7 Å². The highest BCUT2D eigenvalue weighted by Crippen LogP contribution is 2.27. The fourth-order valence-electron chi connectivity index (χ4n) is 1.87. The second-order valence-corrected chi connectivity index (χ2v) is 4.35. The van der Waals surface area contributed by atoms with E-state index in [2.05, 4.69) is 10.9 Å². The maximum Gasteiger partial charge on any atom is 0.132 e. The van der Waals surface area contributed by atoms with E-state index >= 15 is 0 Å². The Morgan fingerprint density at radius 3 is 2.61 bits per heavy atom. The third kappa shape index (κ3) is 2.20. The van der Waals surface area contributed by atoms with Crippen molar-refractivity contribution in [2.24, 2.45) is 0 Å². The number of halogens is 1. The number of nitrogen functional groups attached to an aromatic ring is 1. The van der Waals surface area contributed by atoms with Gasteiger partial charge in [-0.05, 0) is 12.1 Å². The van der Waals surface area contributed by atoms with Crippen LogP contribution in [0.25, 0.3) is 11.3 Å². The van der Waals surface area contributed by atoms with Crippen LogP contribution in [0.4, 0.5) is 5.82 Å². The lowest BCUT2D eigenvalue weighted by Crippen LogP contribution is -2.05. The molecule has 1 heterocycles. The quantitative estimate of drug-likeness (QED) is 0.862. The first-order chi connectivity index (χ1) is 8.67. The van der Waals surface area contributed by atoms with Crippen LogP contribution >= 0.6 is 11.6 Å². The molecule has 0 aliphatic heterocycles. The third-order valence-corrected chi connectivity index (χ3v) is 3.02. The van der Waals surface area contributed by atoms with E-state index in [0.29, 0.717) is 17.4 Å². The van der Waals surface area contributed by atoms with E-state index < -0.39 is 0 Å². The normalized spacial score (nSPS) is 10.3. The third-order valence-electron chi connectivity index (χ3n) is 2.77. The van der Waals surface area contributed by atoms with Gasteiger partial charge in [0, 0.05) is 17.0 Å². The van der Waals surface area contributed by atoms with Crippen LogP contribution in [0.15, 0.2) is 24.3 Å². The molecule has 1 aromatic heterocycles. The lowest BCUT2D eigenvalue weighted by atomic mass is 10.1. The zero-order chi connectivity index (χ0) is 13.1. The number of hydrogen-bond acceptors (Lipinski definition) is 2. The lowest BCUT2D eigenvalue weighted by molar-refractivity contribution is 0.769. The number of terminal acetylenes is 1. The van der Waals surface area contributed by atoms with Crippen LogP contribution in [0.2, 0.25) is 5.02 Å². The summed E-state index contributed by atoms with van der Waals surface area (Å²) in [4.78, 5) is 4.55. The largest absolute Gasteiger partial charge is 0.383 e. The maximum absolute atomic E-state index is 6.11. The molecule has 2 rings (SSSR count). The first-order valence-electron chi connectivity index (χ1n) is 5.71. The van der Waals surface area contributed by atoms with E-state index in [-0.39, 0.29) is 0 Å². The number of aromatic nitrogens is 2. The Hall–Kier alpha value is -1.92. The van der Waals surface area contributed by atoms with Crippen molar-refractivity contribution in [2.45, 2.75) is 19.9 Å². The second-order valence-electron chi connectivity index (χ2n) is 3.91. The molecule has 92 valence electrons. The molecule has 0 unspecified atom stereocenters. The molecule has 0 bridgehead atoms. The number of anilines is 1. The van der Waals surface area contributed by atoms with Gasteiger partial charge in [-0.25, -0.2) is 4.98 Å². The highest BCUT2D eigenvalue weighted by Gasteiger charge is 2.14. The average molecular weight is 260 g/mol. The highest BCUT2D eigenvalue weighted by molar-refractivity contribution is 6.30. The molecule has 1 aromatic carbocycles. The van der Waals surface area contributed by atoms with Gasteiger partial charge in [0.05, 0.1) is 6.54 Å². The molecule has 0 atom stereocenters. The maximum atomic E-state index is 6.11. The van der Waals surface area contributed by atoms with E-state index in [4.69, 9.17) is 23.8 Å². The Bertz CT molecular complexity index is 591. The van der Waals surface area contributed by atoms with Crippen LogP contribution in [0.3, 0.4) is 0 Å². The van der Waals surface area contributed by atoms with Gasteiger partial charge in [0.2, 0.25) is 0 Å². The van der Waals surface area contributed by atoms with Crippen molar-refractivity contribution < 1.29 is 0 Å². The highest BCUT2D eigenvalue weighted by atomic mass is 35.5. The van der Waals surface area contributed by atoms with Crippen molar-refractivity contribution in [3.63, 3.8) is 0 Å². The van der Waals surface area contributed by atoms with Gasteiger partial charge >= 0.3 is 0 Å². The van der Waals surface area contributed by atoms with E-state index in [1.54, 1.807) is 0 Å². The molecule has 2 N–H and O–H groups in total. The van der Waals surface area contributed by atoms with E-state index in [1.807, 2.05) is 35.8 Å². The van der Waals surface area contributed by atoms with Crippen molar-refractivity contribution in [1.29, 1.82) is 0 Å². The minimum absolute atomic E-state index is 0.440. The van der Waals surface area contributed by atoms with E-state index in [0.717, 1.165) is 23.5 Å². The fraction of sp³-hybridized carbons (Fsp3) is 0.214. The Labute approximate surface area is 112 Å². The Morgan fingerprint density at radius 1 is 1.39 bits per heavy atom. The van der Waals surface area contributed by atoms with Crippen LogP contribution in [0, 0.1) is 12.3 Å². The van der Waals surface area contributed by atoms with Crippen molar-refractivity contribution in [3.05, 3.63) is 35.1 Å². The number of aryl methyl sites for hydroxylation is 1. The zero-order valence-electron chi connectivity index (χ0n) is 10.2. The van der Waals surface area contributed by atoms with Gasteiger partial charge in [-0.3, -0.25) is 0 Å². The van der Waals surface area contributed by atoms with Gasteiger partial charge in [-0.1, -0.05) is 36.6 Å². The number of benzene rings is 1. The van der Waals surface area contributed by atoms with Gasteiger partial charge in [0.1, 0.15) is 17.3 Å². The zero-order valence-corrected chi connectivity index (χ0v) is 10.9. The minimum Gasteiger partial charge on any atom is -0.383 e. The molecular weight excluding hydrogens is 246 g/mol. The fourth-order valence-corrected chi connectivity index (χ4v) is 2.00. The topological polar surface area (TPSA) is 43.8 Å². The number of rotatable bonds is 3. The monoisotopic (exact) mass is 259 g/mol. The SMILES string of the molecule is C#CCn1c(CC)nc(-c2ccc(Cl)cc2)c1N. The molecule has 3 nitrogen and oxygen atoms in total. The number of imidazole rings is 1. The predicted octanol–water partition coefficient (Wildman–Crippen LogP) is 2.98. The van der Waals surface area contributed by atoms with Crippen LogP contribution < -0.4 is 5.73 Å². The van der Waals surface area contributed by atoms with Gasteiger partial charge in [-0.2, -0.15) is 0 Å². The summed E-state index contributed by atoms with van der Waals surface area (Å²) in [6.07, 6.45) is 6.14. The summed E-state index contributed by atoms with van der Waals surface area (Å²) in [5.41, 5.74) is 7.82. The second kappa shape index (κ2) is 5.16. The molecule has 0 amide bonds. The molecule has 0 spiro atoms. The molecule has 0 saturated heterocycles. The summed E-state index contributed by atoms with van der Waals surface area (Å²) in [6, 6.07) is 7.45. The Balaban J connectivity index is 2.52. The van der Waals surface area contributed by atoms with Gasteiger partial charge in [0.25, 0.3) is 0 Å². The number of nitrogens with two attached hydrogens (primary N) is 1.